The van der Waals surface area contributed by atoms with Crippen LogP contribution >= 0.6 is 22.9 Å². The molecule has 0 N–H and O–H groups in total. The van der Waals surface area contributed by atoms with E-state index >= 15 is 0 Å². The summed E-state index contributed by atoms with van der Waals surface area (Å²) in [7, 11) is 0. The Balaban J connectivity index is 1.63. The molecule has 166 valence electrons. The Morgan fingerprint density at radius 3 is 2.81 bits per heavy atom. The summed E-state index contributed by atoms with van der Waals surface area (Å²) in [4.78, 5) is 22.6. The zero-order chi connectivity index (χ0) is 22.0. The number of anilines is 1. The number of fused-ring (bicyclic) bond motifs is 1. The largest absolute Gasteiger partial charge is 0.379 e. The molecule has 31 heavy (non-hydrogen) atoms. The second-order valence-electron chi connectivity index (χ2n) is 7.77. The van der Waals surface area contributed by atoms with Crippen LogP contribution in [0.3, 0.4) is 0 Å². The molecule has 7 nitrogen and oxygen atoms in total. The van der Waals surface area contributed by atoms with Crippen molar-refractivity contribution in [2.75, 3.05) is 44.3 Å². The van der Waals surface area contributed by atoms with E-state index in [4.69, 9.17) is 21.3 Å². The van der Waals surface area contributed by atoms with Gasteiger partial charge in [0.1, 0.15) is 5.69 Å². The molecular weight excluding hydrogens is 434 g/mol. The Kier molecular flexibility index (Phi) is 6.91. The number of amides is 1. The number of carbonyl (C=O) groups excluding carboxylic acids is 1. The number of aromatic nitrogens is 3. The van der Waals surface area contributed by atoms with Crippen molar-refractivity contribution in [3.63, 3.8) is 0 Å². The third-order valence-electron chi connectivity index (χ3n) is 5.59. The minimum atomic E-state index is -0.0627. The summed E-state index contributed by atoms with van der Waals surface area (Å²) in [6.07, 6.45) is 0.862. The maximum atomic E-state index is 13.6. The topological polar surface area (TPSA) is 63.5 Å². The highest BCUT2D eigenvalue weighted by Crippen LogP contribution is 2.34. The first kappa shape index (κ1) is 22.2. The molecule has 9 heteroatoms. The maximum Gasteiger partial charge on any atom is 0.278 e. The van der Waals surface area contributed by atoms with Gasteiger partial charge in [-0.05, 0) is 51.0 Å². The average molecular weight is 462 g/mol. The molecule has 0 saturated carbocycles. The van der Waals surface area contributed by atoms with Crippen LogP contribution in [-0.2, 0) is 11.3 Å². The Morgan fingerprint density at radius 2 is 2.06 bits per heavy atom. The number of thiazole rings is 1. The van der Waals surface area contributed by atoms with Crippen LogP contribution in [-0.4, -0.2) is 65.0 Å². The van der Waals surface area contributed by atoms with Gasteiger partial charge in [0.05, 0.1) is 29.1 Å². The van der Waals surface area contributed by atoms with Gasteiger partial charge in [-0.15, -0.1) is 0 Å². The van der Waals surface area contributed by atoms with Crippen LogP contribution in [0.25, 0.3) is 10.2 Å². The number of nitrogens with zero attached hydrogens (tertiary/aromatic N) is 5. The Labute approximate surface area is 191 Å². The Morgan fingerprint density at radius 1 is 1.29 bits per heavy atom. The van der Waals surface area contributed by atoms with Crippen molar-refractivity contribution >= 4 is 44.2 Å². The van der Waals surface area contributed by atoms with Crippen molar-refractivity contribution in [1.82, 2.24) is 19.7 Å². The Bertz CT molecular complexity index is 1070. The summed E-state index contributed by atoms with van der Waals surface area (Å²) in [6, 6.07) is 5.72. The molecule has 2 aromatic heterocycles. The van der Waals surface area contributed by atoms with Gasteiger partial charge in [0.2, 0.25) is 0 Å². The SMILES string of the molecule is CCn1nc(C)cc1C(=O)N(CCCN1CCOCC1)c1nc2c(C)c(Cl)ccc2s1. The monoisotopic (exact) mass is 461 g/mol. The molecule has 1 fully saturated rings. The summed E-state index contributed by atoms with van der Waals surface area (Å²) in [6.45, 7) is 11.5. The lowest BCUT2D eigenvalue weighted by Crippen LogP contribution is -2.39. The zero-order valence-corrected chi connectivity index (χ0v) is 19.8. The lowest BCUT2D eigenvalue weighted by molar-refractivity contribution is 0.0376. The number of hydrogen-bond donors (Lipinski definition) is 0. The fourth-order valence-corrected chi connectivity index (χ4v) is 5.06. The molecule has 3 heterocycles. The molecule has 3 aromatic rings. The molecule has 0 atom stereocenters. The number of rotatable bonds is 7. The second-order valence-corrected chi connectivity index (χ2v) is 9.18. The van der Waals surface area contributed by atoms with Crippen molar-refractivity contribution in [1.29, 1.82) is 0 Å². The van der Waals surface area contributed by atoms with Gasteiger partial charge < -0.3 is 4.74 Å². The first-order valence-electron chi connectivity index (χ1n) is 10.7. The smallest absolute Gasteiger partial charge is 0.278 e. The summed E-state index contributed by atoms with van der Waals surface area (Å²) in [5, 5.41) is 5.85. The van der Waals surface area contributed by atoms with Gasteiger partial charge >= 0.3 is 0 Å². The van der Waals surface area contributed by atoms with Gasteiger partial charge in [0, 0.05) is 37.7 Å². The van der Waals surface area contributed by atoms with Crippen LogP contribution in [0.4, 0.5) is 5.13 Å². The van der Waals surface area contributed by atoms with E-state index in [1.54, 1.807) is 9.58 Å². The van der Waals surface area contributed by atoms with Crippen molar-refractivity contribution in [3.8, 4) is 0 Å². The number of benzene rings is 1. The second kappa shape index (κ2) is 9.65. The lowest BCUT2D eigenvalue weighted by Gasteiger charge is -2.27. The first-order chi connectivity index (χ1) is 15.0. The molecule has 1 saturated heterocycles. The fourth-order valence-electron chi connectivity index (χ4n) is 3.86. The predicted molar refractivity (Wildman–Crippen MR) is 126 cm³/mol. The Hall–Kier alpha value is -2.00. The zero-order valence-electron chi connectivity index (χ0n) is 18.2. The summed E-state index contributed by atoms with van der Waals surface area (Å²) >= 11 is 7.83. The third kappa shape index (κ3) is 4.77. The van der Waals surface area contributed by atoms with Gasteiger partial charge in [-0.1, -0.05) is 22.9 Å². The number of aryl methyl sites for hydroxylation is 3. The van der Waals surface area contributed by atoms with Gasteiger partial charge in [0.25, 0.3) is 5.91 Å². The van der Waals surface area contributed by atoms with Gasteiger partial charge in [0.15, 0.2) is 5.13 Å². The molecule has 1 amide bonds. The minimum Gasteiger partial charge on any atom is -0.379 e. The van der Waals surface area contributed by atoms with E-state index in [0.717, 1.165) is 60.7 Å². The van der Waals surface area contributed by atoms with Crippen molar-refractivity contribution in [3.05, 3.63) is 40.2 Å². The summed E-state index contributed by atoms with van der Waals surface area (Å²) in [5.74, 6) is -0.0627. The standard InChI is InChI=1S/C22H28ClN5O2S/c1-4-28-18(14-15(2)25-28)21(29)27(9-5-8-26-10-12-30-13-11-26)22-24-20-16(3)17(23)6-7-19(20)31-22/h6-7,14H,4-5,8-13H2,1-3H3. The van der Waals surface area contributed by atoms with Crippen LogP contribution in [0.1, 0.15) is 35.1 Å². The van der Waals surface area contributed by atoms with E-state index in [9.17, 15) is 4.79 Å². The molecule has 0 radical (unpaired) electrons. The van der Waals surface area contributed by atoms with E-state index in [-0.39, 0.29) is 5.91 Å². The maximum absolute atomic E-state index is 13.6. The van der Waals surface area contributed by atoms with Crippen molar-refractivity contribution < 1.29 is 9.53 Å². The highest BCUT2D eigenvalue weighted by molar-refractivity contribution is 7.22. The molecule has 0 bridgehead atoms. The third-order valence-corrected chi connectivity index (χ3v) is 7.05. The highest BCUT2D eigenvalue weighted by Gasteiger charge is 2.25. The molecule has 0 spiro atoms. The quantitative estimate of drug-likeness (QED) is 0.528. The van der Waals surface area contributed by atoms with E-state index < -0.39 is 0 Å². The number of ether oxygens (including phenoxy) is 1. The predicted octanol–water partition coefficient (Wildman–Crippen LogP) is 4.15. The first-order valence-corrected chi connectivity index (χ1v) is 11.9. The van der Waals surface area contributed by atoms with Gasteiger partial charge in [-0.3, -0.25) is 19.3 Å². The van der Waals surface area contributed by atoms with Crippen LogP contribution in [0, 0.1) is 13.8 Å². The number of halogens is 1. The minimum absolute atomic E-state index is 0.0627. The van der Waals surface area contributed by atoms with Crippen LogP contribution in [0.15, 0.2) is 18.2 Å². The molecule has 1 aliphatic rings. The molecule has 0 unspecified atom stereocenters. The van der Waals surface area contributed by atoms with Crippen molar-refractivity contribution in [2.24, 2.45) is 0 Å². The van der Waals surface area contributed by atoms with Crippen LogP contribution < -0.4 is 4.90 Å². The number of morpholine rings is 1. The number of hydrogen-bond acceptors (Lipinski definition) is 6. The summed E-state index contributed by atoms with van der Waals surface area (Å²) in [5.41, 5.74) is 3.24. The van der Waals surface area contributed by atoms with E-state index in [0.29, 0.717) is 28.9 Å². The molecular formula is C22H28ClN5O2S. The summed E-state index contributed by atoms with van der Waals surface area (Å²) < 4.78 is 8.24. The molecule has 0 aliphatic carbocycles. The highest BCUT2D eigenvalue weighted by atomic mass is 35.5. The lowest BCUT2D eigenvalue weighted by atomic mass is 10.2. The van der Waals surface area contributed by atoms with E-state index in [2.05, 4.69) is 10.00 Å². The normalized spacial score (nSPS) is 15.0. The average Bonchev–Trinajstić information content (AvgIpc) is 3.38. The van der Waals surface area contributed by atoms with Gasteiger partial charge in [-0.2, -0.15) is 5.10 Å². The van der Waals surface area contributed by atoms with Crippen LogP contribution in [0.5, 0.6) is 0 Å². The van der Waals surface area contributed by atoms with E-state index in [1.807, 2.05) is 39.0 Å². The molecule has 4 rings (SSSR count). The number of carbonyl (C=O) groups is 1. The van der Waals surface area contributed by atoms with Crippen LogP contribution in [0.2, 0.25) is 5.02 Å². The van der Waals surface area contributed by atoms with Crippen molar-refractivity contribution in [2.45, 2.75) is 33.7 Å². The van der Waals surface area contributed by atoms with Gasteiger partial charge in [-0.25, -0.2) is 4.98 Å². The molecule has 1 aromatic carbocycles. The molecule has 1 aliphatic heterocycles. The fraction of sp³-hybridized carbons (Fsp3) is 0.500. The van der Waals surface area contributed by atoms with E-state index in [1.165, 1.54) is 11.3 Å².